The number of hydrogen-bond acceptors (Lipinski definition) is 10. The number of aromatic nitrogens is 4. The van der Waals surface area contributed by atoms with Crippen LogP contribution in [0.5, 0.6) is 11.6 Å². The van der Waals surface area contributed by atoms with Crippen molar-refractivity contribution in [2.24, 2.45) is 7.05 Å². The second-order valence-corrected chi connectivity index (χ2v) is 16.4. The summed E-state index contributed by atoms with van der Waals surface area (Å²) in [5, 5.41) is 4.68. The Morgan fingerprint density at radius 2 is 1.69 bits per heavy atom. The Hall–Kier alpha value is -6.78. The second kappa shape index (κ2) is 16.0. The number of ether oxygens (including phenoxy) is 3. The van der Waals surface area contributed by atoms with Crippen molar-refractivity contribution in [3.8, 4) is 34.6 Å². The molecule has 13 nitrogen and oxygen atoms in total. The number of fused-ring (bicyclic) bond motifs is 4. The highest BCUT2D eigenvalue weighted by atomic mass is 16.5. The fourth-order valence-corrected chi connectivity index (χ4v) is 9.06. The lowest BCUT2D eigenvalue weighted by Gasteiger charge is -2.40. The predicted molar refractivity (Wildman–Crippen MR) is 229 cm³/mol. The van der Waals surface area contributed by atoms with Crippen molar-refractivity contribution in [1.29, 1.82) is 0 Å². The van der Waals surface area contributed by atoms with E-state index < -0.39 is 11.9 Å². The molecule has 1 saturated carbocycles. The quantitative estimate of drug-likeness (QED) is 0.131. The molecule has 10 rings (SSSR count). The molecule has 0 radical (unpaired) electrons. The molecule has 3 fully saturated rings. The Kier molecular flexibility index (Phi) is 10.1. The summed E-state index contributed by atoms with van der Waals surface area (Å²) in [6.07, 6.45) is 12.2. The second-order valence-electron chi connectivity index (χ2n) is 16.4. The van der Waals surface area contributed by atoms with Gasteiger partial charge < -0.3 is 28.6 Å². The predicted octanol–water partition coefficient (Wildman–Crippen LogP) is 6.28. The van der Waals surface area contributed by atoms with Gasteiger partial charge in [-0.3, -0.25) is 24.7 Å². The summed E-state index contributed by atoms with van der Waals surface area (Å²) in [6.45, 7) is 4.29. The van der Waals surface area contributed by atoms with Gasteiger partial charge in [-0.2, -0.15) is 0 Å². The zero-order valence-corrected chi connectivity index (χ0v) is 34.1. The molecule has 2 saturated heterocycles. The van der Waals surface area contributed by atoms with E-state index in [1.807, 2.05) is 49.1 Å². The SMILES string of the molecule is Cc1cnc(C#CCOc2ccc3c(c2)CN(C2CCC(=O)NC2=O)C3=O)cc1N1CCC(OC2CC(Oc3ccc(-c4ccc5c6cnccc6n(C)c5c4)cn3)C2)CC1. The van der Waals surface area contributed by atoms with E-state index in [1.54, 1.807) is 12.1 Å². The van der Waals surface area contributed by atoms with Crippen LogP contribution in [0, 0.1) is 18.8 Å². The van der Waals surface area contributed by atoms with Crippen LogP contribution in [-0.2, 0) is 27.9 Å². The molecule has 2 aromatic carbocycles. The number of carbonyl (C=O) groups excluding carboxylic acids is 3. The number of benzene rings is 2. The summed E-state index contributed by atoms with van der Waals surface area (Å²) in [6, 6.07) is 19.3. The van der Waals surface area contributed by atoms with Crippen molar-refractivity contribution >= 4 is 45.2 Å². The van der Waals surface area contributed by atoms with Crippen molar-refractivity contribution in [2.75, 3.05) is 24.6 Å². The van der Waals surface area contributed by atoms with E-state index in [2.05, 4.69) is 79.8 Å². The molecule has 308 valence electrons. The summed E-state index contributed by atoms with van der Waals surface area (Å²) < 4.78 is 20.9. The van der Waals surface area contributed by atoms with E-state index in [-0.39, 0.29) is 49.7 Å². The first-order chi connectivity index (χ1) is 29.7. The zero-order chi connectivity index (χ0) is 41.6. The highest BCUT2D eigenvalue weighted by Gasteiger charge is 2.39. The van der Waals surface area contributed by atoms with Gasteiger partial charge >= 0.3 is 0 Å². The standard InChI is InChI=1S/C48H45N7O6/c1-29-25-50-33(4-3-19-59-35-7-9-38-32(20-35)28-55(48(38)58)42-10-11-45(56)52-47(42)57)22-43(29)54-17-14-34(15-18-54)60-36-23-37(24-36)61-46-12-6-31(26-51-46)30-5-8-39-40-27-49-16-13-41(40)53(2)44(39)21-30/h5-9,12-13,16,20-22,25-27,34,36-37,42H,10-11,14-15,17-19,23-24,28H2,1-2H3,(H,52,56,57). The molecule has 1 unspecified atom stereocenters. The number of piperidine rings is 2. The number of nitrogens with one attached hydrogen (secondary N) is 1. The Balaban J connectivity index is 0.671. The first kappa shape index (κ1) is 38.4. The number of amides is 3. The van der Waals surface area contributed by atoms with Gasteiger partial charge in [0.15, 0.2) is 0 Å². The molecule has 4 aliphatic rings. The molecule has 1 aliphatic carbocycles. The van der Waals surface area contributed by atoms with Crippen molar-refractivity contribution in [3.63, 3.8) is 0 Å². The highest BCUT2D eigenvalue weighted by molar-refractivity contribution is 6.08. The van der Waals surface area contributed by atoms with Crippen LogP contribution < -0.4 is 19.7 Å². The average Bonchev–Trinajstić information content (AvgIpc) is 3.74. The first-order valence-corrected chi connectivity index (χ1v) is 21.0. The third-order valence-corrected chi connectivity index (χ3v) is 12.5. The number of anilines is 1. The number of aryl methyl sites for hydroxylation is 2. The molecule has 6 aromatic rings. The van der Waals surface area contributed by atoms with Crippen LogP contribution in [0.2, 0.25) is 0 Å². The van der Waals surface area contributed by atoms with Gasteiger partial charge in [-0.05, 0) is 91.3 Å². The molecule has 1 N–H and O–H groups in total. The van der Waals surface area contributed by atoms with Gasteiger partial charge in [0, 0.05) is 110 Å². The maximum atomic E-state index is 13.0. The van der Waals surface area contributed by atoms with Crippen LogP contribution in [0.3, 0.4) is 0 Å². The van der Waals surface area contributed by atoms with E-state index in [1.165, 1.54) is 15.8 Å². The lowest BCUT2D eigenvalue weighted by Crippen LogP contribution is -2.52. The normalized spacial score (nSPS) is 20.3. The van der Waals surface area contributed by atoms with Crippen molar-refractivity contribution in [3.05, 3.63) is 108 Å². The summed E-state index contributed by atoms with van der Waals surface area (Å²) in [5.41, 5.74) is 8.72. The Morgan fingerprint density at radius 1 is 0.836 bits per heavy atom. The minimum absolute atomic E-state index is 0.102. The number of nitrogens with zero attached hydrogens (tertiary/aromatic N) is 6. The van der Waals surface area contributed by atoms with Crippen LogP contribution in [0.25, 0.3) is 32.9 Å². The van der Waals surface area contributed by atoms with E-state index in [0.717, 1.165) is 77.6 Å². The topological polar surface area (TPSA) is 141 Å². The number of carbonyl (C=O) groups is 3. The van der Waals surface area contributed by atoms with Gasteiger partial charge in [0.05, 0.1) is 17.7 Å². The number of rotatable bonds is 9. The maximum Gasteiger partial charge on any atom is 0.255 e. The molecule has 61 heavy (non-hydrogen) atoms. The van der Waals surface area contributed by atoms with Gasteiger partial charge in [0.1, 0.15) is 30.2 Å². The van der Waals surface area contributed by atoms with Crippen molar-refractivity contribution in [2.45, 2.75) is 76.3 Å². The van der Waals surface area contributed by atoms with Crippen LogP contribution in [0.4, 0.5) is 5.69 Å². The Labute approximate surface area is 353 Å². The summed E-state index contributed by atoms with van der Waals surface area (Å²) >= 11 is 0. The fourth-order valence-electron chi connectivity index (χ4n) is 9.06. The molecule has 4 aromatic heterocycles. The average molecular weight is 816 g/mol. The molecule has 3 amide bonds. The molecule has 1 atom stereocenters. The largest absolute Gasteiger partial charge is 0.481 e. The van der Waals surface area contributed by atoms with Crippen LogP contribution >= 0.6 is 0 Å². The van der Waals surface area contributed by atoms with Gasteiger partial charge in [-0.15, -0.1) is 0 Å². The van der Waals surface area contributed by atoms with Crippen LogP contribution in [0.15, 0.2) is 85.5 Å². The summed E-state index contributed by atoms with van der Waals surface area (Å²) in [5.74, 6) is 6.50. The summed E-state index contributed by atoms with van der Waals surface area (Å²) in [7, 11) is 2.09. The maximum absolute atomic E-state index is 13.0. The smallest absolute Gasteiger partial charge is 0.255 e. The lowest BCUT2D eigenvalue weighted by molar-refractivity contribution is -0.136. The molecule has 0 spiro atoms. The van der Waals surface area contributed by atoms with Gasteiger partial charge in [-0.1, -0.05) is 18.1 Å². The van der Waals surface area contributed by atoms with Crippen LogP contribution in [-0.4, -0.2) is 86.2 Å². The van der Waals surface area contributed by atoms with Gasteiger partial charge in [0.25, 0.3) is 5.91 Å². The molecule has 13 heteroatoms. The van der Waals surface area contributed by atoms with Gasteiger partial charge in [0.2, 0.25) is 17.7 Å². The van der Waals surface area contributed by atoms with E-state index in [0.29, 0.717) is 29.3 Å². The molecular weight excluding hydrogens is 771 g/mol. The molecule has 7 heterocycles. The highest BCUT2D eigenvalue weighted by Crippen LogP contribution is 2.35. The van der Waals surface area contributed by atoms with E-state index >= 15 is 0 Å². The van der Waals surface area contributed by atoms with E-state index in [9.17, 15) is 14.4 Å². The zero-order valence-electron chi connectivity index (χ0n) is 34.1. The summed E-state index contributed by atoms with van der Waals surface area (Å²) in [4.78, 5) is 54.4. The van der Waals surface area contributed by atoms with Crippen LogP contribution in [0.1, 0.15) is 65.7 Å². The number of pyridine rings is 3. The van der Waals surface area contributed by atoms with Gasteiger partial charge in [-0.25, -0.2) is 9.97 Å². The number of hydrogen-bond donors (Lipinski definition) is 1. The lowest BCUT2D eigenvalue weighted by atomic mass is 9.91. The van der Waals surface area contributed by atoms with Crippen molar-refractivity contribution < 1.29 is 28.6 Å². The Bertz CT molecular complexity index is 2760. The minimum atomic E-state index is -0.653. The fraction of sp³-hybridized carbons (Fsp3) is 0.333. The molecular formula is C48H45N7O6. The third kappa shape index (κ3) is 7.64. The van der Waals surface area contributed by atoms with E-state index in [4.69, 9.17) is 14.2 Å². The third-order valence-electron chi connectivity index (χ3n) is 12.5. The molecule has 0 bridgehead atoms. The number of imide groups is 1. The minimum Gasteiger partial charge on any atom is -0.481 e. The Morgan fingerprint density at radius 3 is 2.51 bits per heavy atom. The monoisotopic (exact) mass is 815 g/mol. The molecule has 3 aliphatic heterocycles. The first-order valence-electron chi connectivity index (χ1n) is 21.0. The van der Waals surface area contributed by atoms with Crippen molar-refractivity contribution in [1.82, 2.24) is 29.7 Å².